The van der Waals surface area contributed by atoms with Gasteiger partial charge in [0.25, 0.3) is 0 Å². The highest BCUT2D eigenvalue weighted by molar-refractivity contribution is 5.79. The van der Waals surface area contributed by atoms with Gasteiger partial charge in [0, 0.05) is 26.2 Å². The van der Waals surface area contributed by atoms with E-state index >= 15 is 0 Å². The Kier molecular flexibility index (Phi) is 5.08. The van der Waals surface area contributed by atoms with Gasteiger partial charge in [0.2, 0.25) is 5.91 Å². The Morgan fingerprint density at radius 2 is 2.00 bits per heavy atom. The quantitative estimate of drug-likeness (QED) is 0.916. The van der Waals surface area contributed by atoms with E-state index in [4.69, 9.17) is 5.73 Å². The third-order valence-electron chi connectivity index (χ3n) is 3.94. The van der Waals surface area contributed by atoms with Gasteiger partial charge < -0.3 is 15.5 Å². The number of hydrogen-bond donors (Lipinski definition) is 1. The molecule has 1 aromatic rings. The van der Waals surface area contributed by atoms with E-state index in [1.807, 2.05) is 7.05 Å². The topological polar surface area (TPSA) is 49.6 Å². The zero-order chi connectivity index (χ0) is 16.3. The van der Waals surface area contributed by atoms with Crippen molar-refractivity contribution < 1.29 is 18.0 Å². The minimum Gasteiger partial charge on any atom is -0.336 e. The third-order valence-corrected chi connectivity index (χ3v) is 3.94. The molecule has 1 saturated heterocycles. The van der Waals surface area contributed by atoms with Crippen molar-refractivity contribution in [1.29, 1.82) is 0 Å². The van der Waals surface area contributed by atoms with Crippen LogP contribution in [0.2, 0.25) is 0 Å². The van der Waals surface area contributed by atoms with Crippen LogP contribution in [0.5, 0.6) is 0 Å². The number of alkyl halides is 3. The maximum Gasteiger partial charge on any atom is 0.416 e. The molecular formula is C15H20F3N3O. The first-order valence-electron chi connectivity index (χ1n) is 7.16. The van der Waals surface area contributed by atoms with E-state index in [-0.39, 0.29) is 23.9 Å². The predicted molar refractivity (Wildman–Crippen MR) is 77.2 cm³/mol. The van der Waals surface area contributed by atoms with Crippen molar-refractivity contribution in [1.82, 2.24) is 9.80 Å². The fourth-order valence-corrected chi connectivity index (χ4v) is 2.76. The molecule has 7 heteroatoms. The number of amides is 1. The second-order valence-electron chi connectivity index (χ2n) is 5.57. The highest BCUT2D eigenvalue weighted by Gasteiger charge is 2.34. The molecule has 1 aliphatic rings. The van der Waals surface area contributed by atoms with Gasteiger partial charge in [-0.2, -0.15) is 13.2 Å². The predicted octanol–water partition coefficient (Wildman–Crippen LogP) is 1.35. The molecule has 0 aromatic heterocycles. The second-order valence-corrected chi connectivity index (χ2v) is 5.57. The molecule has 1 fully saturated rings. The molecule has 0 radical (unpaired) electrons. The number of hydrogen-bond acceptors (Lipinski definition) is 3. The van der Waals surface area contributed by atoms with Crippen molar-refractivity contribution in [3.63, 3.8) is 0 Å². The lowest BCUT2D eigenvalue weighted by atomic mass is 10.0. The van der Waals surface area contributed by atoms with Gasteiger partial charge in [-0.3, -0.25) is 4.79 Å². The molecule has 1 aliphatic heterocycles. The summed E-state index contributed by atoms with van der Waals surface area (Å²) in [6, 6.07) is 5.06. The number of halogens is 3. The molecule has 122 valence electrons. The summed E-state index contributed by atoms with van der Waals surface area (Å²) in [5, 5.41) is 0. The molecular weight excluding hydrogens is 295 g/mol. The highest BCUT2D eigenvalue weighted by atomic mass is 19.4. The smallest absolute Gasteiger partial charge is 0.336 e. The summed E-state index contributed by atoms with van der Waals surface area (Å²) in [6.07, 6.45) is -4.71. The summed E-state index contributed by atoms with van der Waals surface area (Å²) in [6.45, 7) is 2.13. The van der Waals surface area contributed by atoms with Gasteiger partial charge in [0.1, 0.15) is 0 Å². The minimum atomic E-state index is -4.45. The molecule has 1 amide bonds. The number of benzene rings is 1. The lowest BCUT2D eigenvalue weighted by Gasteiger charge is -2.39. The molecule has 22 heavy (non-hydrogen) atoms. The molecule has 2 rings (SSSR count). The molecule has 1 aromatic carbocycles. The highest BCUT2D eigenvalue weighted by Crippen LogP contribution is 2.32. The summed E-state index contributed by atoms with van der Waals surface area (Å²) in [7, 11) is 1.93. The van der Waals surface area contributed by atoms with E-state index in [2.05, 4.69) is 4.90 Å². The molecule has 0 spiro atoms. The Balaban J connectivity index is 2.15. The normalized spacial score (nSPS) is 20.2. The summed E-state index contributed by atoms with van der Waals surface area (Å²) in [5.74, 6) is -0.305. The van der Waals surface area contributed by atoms with Crippen LogP contribution in [0.4, 0.5) is 13.2 Å². The van der Waals surface area contributed by atoms with E-state index in [0.29, 0.717) is 26.2 Å². The van der Waals surface area contributed by atoms with Gasteiger partial charge in [0.05, 0.1) is 18.0 Å². The Hall–Kier alpha value is -1.60. The average Bonchev–Trinajstić information content (AvgIpc) is 2.46. The number of nitrogens with two attached hydrogens (primary N) is 1. The standard InChI is InChI=1S/C15H20F3N3O/c1-20-6-7-21(12(9-19)10-20)14(22)8-11-4-2-3-5-13(11)15(16,17)18/h2-5,12H,6-10,19H2,1H3/t12-/m0/s1. The molecule has 0 unspecified atom stereocenters. The Morgan fingerprint density at radius 1 is 1.32 bits per heavy atom. The maximum absolute atomic E-state index is 13.0. The number of carbonyl (C=O) groups excluding carboxylic acids is 1. The van der Waals surface area contributed by atoms with Crippen LogP contribution in [-0.4, -0.2) is 55.0 Å². The molecule has 0 saturated carbocycles. The molecule has 0 bridgehead atoms. The van der Waals surface area contributed by atoms with Crippen molar-refractivity contribution in [2.75, 3.05) is 33.2 Å². The molecule has 1 heterocycles. The summed E-state index contributed by atoms with van der Waals surface area (Å²) >= 11 is 0. The van der Waals surface area contributed by atoms with Gasteiger partial charge in [0.15, 0.2) is 0 Å². The van der Waals surface area contributed by atoms with E-state index in [0.717, 1.165) is 6.07 Å². The number of nitrogens with zero attached hydrogens (tertiary/aromatic N) is 2. The molecule has 4 nitrogen and oxygen atoms in total. The summed E-state index contributed by atoms with van der Waals surface area (Å²) < 4.78 is 39.0. The van der Waals surface area contributed by atoms with Crippen LogP contribution in [0.1, 0.15) is 11.1 Å². The average molecular weight is 315 g/mol. The lowest BCUT2D eigenvalue weighted by molar-refractivity contribution is -0.139. The second kappa shape index (κ2) is 6.66. The zero-order valence-electron chi connectivity index (χ0n) is 12.4. The minimum absolute atomic E-state index is 0.00898. The summed E-state index contributed by atoms with van der Waals surface area (Å²) in [4.78, 5) is 16.1. The third kappa shape index (κ3) is 3.78. The first-order valence-corrected chi connectivity index (χ1v) is 7.16. The number of piperazine rings is 1. The van der Waals surface area contributed by atoms with Gasteiger partial charge in [-0.15, -0.1) is 0 Å². The van der Waals surface area contributed by atoms with Crippen LogP contribution in [0.3, 0.4) is 0 Å². The maximum atomic E-state index is 13.0. The van der Waals surface area contributed by atoms with Crippen LogP contribution in [-0.2, 0) is 17.4 Å². The van der Waals surface area contributed by atoms with Crippen molar-refractivity contribution >= 4 is 5.91 Å². The SMILES string of the molecule is CN1CCN(C(=O)Cc2ccccc2C(F)(F)F)[C@@H](CN)C1. The van der Waals surface area contributed by atoms with Crippen molar-refractivity contribution in [3.05, 3.63) is 35.4 Å². The van der Waals surface area contributed by atoms with Crippen molar-refractivity contribution in [2.45, 2.75) is 18.6 Å². The number of carbonyl (C=O) groups is 1. The molecule has 0 aliphatic carbocycles. The van der Waals surface area contributed by atoms with Crippen LogP contribution in [0.15, 0.2) is 24.3 Å². The van der Waals surface area contributed by atoms with E-state index in [1.54, 1.807) is 4.90 Å². The largest absolute Gasteiger partial charge is 0.416 e. The van der Waals surface area contributed by atoms with Crippen LogP contribution >= 0.6 is 0 Å². The van der Waals surface area contributed by atoms with Gasteiger partial charge >= 0.3 is 6.18 Å². The van der Waals surface area contributed by atoms with Gasteiger partial charge in [-0.25, -0.2) is 0 Å². The van der Waals surface area contributed by atoms with Gasteiger partial charge in [-0.05, 0) is 18.7 Å². The number of rotatable bonds is 3. The first kappa shape index (κ1) is 16.8. The monoisotopic (exact) mass is 315 g/mol. The van der Waals surface area contributed by atoms with E-state index in [1.165, 1.54) is 18.2 Å². The van der Waals surface area contributed by atoms with Crippen molar-refractivity contribution in [2.24, 2.45) is 5.73 Å². The molecule has 1 atom stereocenters. The van der Waals surface area contributed by atoms with E-state index < -0.39 is 11.7 Å². The summed E-state index contributed by atoms with van der Waals surface area (Å²) in [5.41, 5.74) is 4.95. The number of likely N-dealkylation sites (N-methyl/N-ethyl adjacent to an activating group) is 1. The van der Waals surface area contributed by atoms with Crippen LogP contribution < -0.4 is 5.73 Å². The van der Waals surface area contributed by atoms with Crippen LogP contribution in [0.25, 0.3) is 0 Å². The first-order chi connectivity index (χ1) is 10.3. The Labute approximate surface area is 127 Å². The Morgan fingerprint density at radius 3 is 2.64 bits per heavy atom. The Bertz CT molecular complexity index is 533. The molecule has 2 N–H and O–H groups in total. The van der Waals surface area contributed by atoms with E-state index in [9.17, 15) is 18.0 Å². The van der Waals surface area contributed by atoms with Crippen LogP contribution in [0, 0.1) is 0 Å². The van der Waals surface area contributed by atoms with Crippen molar-refractivity contribution in [3.8, 4) is 0 Å². The zero-order valence-corrected chi connectivity index (χ0v) is 12.4. The lowest BCUT2D eigenvalue weighted by Crippen LogP contribution is -2.57. The fourth-order valence-electron chi connectivity index (χ4n) is 2.76. The van der Waals surface area contributed by atoms with Gasteiger partial charge in [-0.1, -0.05) is 18.2 Å². The fraction of sp³-hybridized carbons (Fsp3) is 0.533.